The van der Waals surface area contributed by atoms with Crippen molar-refractivity contribution in [3.63, 3.8) is 0 Å². The van der Waals surface area contributed by atoms with Crippen molar-refractivity contribution in [3.8, 4) is 11.5 Å². The van der Waals surface area contributed by atoms with Gasteiger partial charge in [0.15, 0.2) is 0 Å². The second-order valence-electron chi connectivity index (χ2n) is 5.72. The number of aliphatic hydroxyl groups is 1. The molecule has 1 atom stereocenters. The molecule has 0 radical (unpaired) electrons. The maximum atomic E-state index is 12.1. The van der Waals surface area contributed by atoms with Crippen molar-refractivity contribution in [1.82, 2.24) is 0 Å². The summed E-state index contributed by atoms with van der Waals surface area (Å²) in [4.78, 5) is 12.1. The first kappa shape index (κ1) is 15.6. The maximum Gasteiger partial charge on any atom is 0.350 e. The van der Waals surface area contributed by atoms with E-state index in [2.05, 4.69) is 0 Å². The highest BCUT2D eigenvalue weighted by atomic mass is 16.6. The number of esters is 1. The molecular weight excluding hydrogens is 272 g/mol. The number of fused-ring (bicyclic) bond motifs is 1. The largest absolute Gasteiger partial charge is 0.507 e. The third-order valence-corrected chi connectivity index (χ3v) is 4.28. The summed E-state index contributed by atoms with van der Waals surface area (Å²) in [5.74, 6) is 0.490. The number of carbonyl (C=O) groups excluding carboxylic acids is 1. The summed E-state index contributed by atoms with van der Waals surface area (Å²) in [5, 5.41) is 18.9. The van der Waals surface area contributed by atoms with Crippen molar-refractivity contribution < 1.29 is 24.5 Å². The lowest BCUT2D eigenvalue weighted by molar-refractivity contribution is -0.163. The van der Waals surface area contributed by atoms with Crippen molar-refractivity contribution >= 4 is 5.97 Å². The summed E-state index contributed by atoms with van der Waals surface area (Å²) in [6.07, 6.45) is 1.12. The minimum Gasteiger partial charge on any atom is -0.507 e. The minimum absolute atomic E-state index is 0.0305. The lowest BCUT2D eigenvalue weighted by atomic mass is 9.87. The molecule has 1 heterocycles. The quantitative estimate of drug-likeness (QED) is 0.833. The monoisotopic (exact) mass is 294 g/mol. The van der Waals surface area contributed by atoms with E-state index in [9.17, 15) is 9.90 Å². The Bertz CT molecular complexity index is 579. The van der Waals surface area contributed by atoms with Gasteiger partial charge in [0.2, 0.25) is 5.60 Å². The number of benzene rings is 1. The number of aliphatic hydroxyl groups excluding tert-OH is 1. The summed E-state index contributed by atoms with van der Waals surface area (Å²) in [5.41, 5.74) is 2.30. The molecule has 1 aliphatic rings. The van der Waals surface area contributed by atoms with Crippen molar-refractivity contribution in [2.45, 2.75) is 46.1 Å². The SMILES string of the molecule is Cc1c(C)c2c(c(C)c1O)CC[C@@](C)(C(=O)OCCO)O2. The molecule has 0 fully saturated rings. The van der Waals surface area contributed by atoms with Crippen LogP contribution in [0.3, 0.4) is 0 Å². The Hall–Kier alpha value is -1.75. The van der Waals surface area contributed by atoms with Gasteiger partial charge in [-0.15, -0.1) is 0 Å². The zero-order valence-electron chi connectivity index (χ0n) is 12.9. The number of carbonyl (C=O) groups is 1. The lowest BCUT2D eigenvalue weighted by Crippen LogP contribution is -2.46. The normalized spacial score (nSPS) is 20.6. The van der Waals surface area contributed by atoms with Crippen molar-refractivity contribution in [3.05, 3.63) is 22.3 Å². The van der Waals surface area contributed by atoms with Gasteiger partial charge in [-0.1, -0.05) is 0 Å². The molecule has 0 saturated carbocycles. The van der Waals surface area contributed by atoms with Crippen LogP contribution in [-0.2, 0) is 16.0 Å². The number of ether oxygens (including phenoxy) is 2. The molecule has 1 aliphatic heterocycles. The number of aromatic hydroxyl groups is 1. The van der Waals surface area contributed by atoms with Crippen LogP contribution in [0, 0.1) is 20.8 Å². The Kier molecular flexibility index (Phi) is 4.14. The fraction of sp³-hybridized carbons (Fsp3) is 0.562. The molecule has 116 valence electrons. The molecule has 1 aromatic carbocycles. The molecule has 2 rings (SSSR count). The second-order valence-corrected chi connectivity index (χ2v) is 5.72. The van der Waals surface area contributed by atoms with E-state index in [4.69, 9.17) is 14.6 Å². The van der Waals surface area contributed by atoms with Gasteiger partial charge >= 0.3 is 5.97 Å². The first-order valence-corrected chi connectivity index (χ1v) is 7.10. The van der Waals surface area contributed by atoms with Crippen LogP contribution in [0.2, 0.25) is 0 Å². The minimum atomic E-state index is -1.05. The molecule has 0 spiro atoms. The van der Waals surface area contributed by atoms with Gasteiger partial charge in [-0.25, -0.2) is 4.79 Å². The molecule has 0 aliphatic carbocycles. The average Bonchev–Trinajstić information content (AvgIpc) is 2.48. The highest BCUT2D eigenvalue weighted by Crippen LogP contribution is 2.43. The summed E-state index contributed by atoms with van der Waals surface area (Å²) in [6, 6.07) is 0. The van der Waals surface area contributed by atoms with Gasteiger partial charge in [0.1, 0.15) is 18.1 Å². The van der Waals surface area contributed by atoms with Crippen LogP contribution in [0.25, 0.3) is 0 Å². The fourth-order valence-electron chi connectivity index (χ4n) is 2.68. The summed E-state index contributed by atoms with van der Waals surface area (Å²) < 4.78 is 11.0. The Morgan fingerprint density at radius 2 is 1.95 bits per heavy atom. The van der Waals surface area contributed by atoms with E-state index in [0.29, 0.717) is 24.3 Å². The number of hydrogen-bond acceptors (Lipinski definition) is 5. The first-order chi connectivity index (χ1) is 9.81. The van der Waals surface area contributed by atoms with Gasteiger partial charge < -0.3 is 19.7 Å². The molecule has 0 unspecified atom stereocenters. The van der Waals surface area contributed by atoms with Gasteiger partial charge in [0.25, 0.3) is 0 Å². The summed E-state index contributed by atoms with van der Waals surface area (Å²) >= 11 is 0. The van der Waals surface area contributed by atoms with Crippen LogP contribution in [0.1, 0.15) is 35.6 Å². The lowest BCUT2D eigenvalue weighted by Gasteiger charge is -2.35. The third-order valence-electron chi connectivity index (χ3n) is 4.28. The predicted octanol–water partition coefficient (Wildman–Crippen LogP) is 1.94. The Balaban J connectivity index is 2.38. The number of phenols is 1. The van der Waals surface area contributed by atoms with Gasteiger partial charge in [0.05, 0.1) is 6.61 Å². The van der Waals surface area contributed by atoms with Crippen molar-refractivity contribution in [1.29, 1.82) is 0 Å². The molecule has 0 bridgehead atoms. The van der Waals surface area contributed by atoms with Gasteiger partial charge in [-0.2, -0.15) is 0 Å². The smallest absolute Gasteiger partial charge is 0.350 e. The van der Waals surface area contributed by atoms with Gasteiger partial charge in [-0.05, 0) is 50.8 Å². The molecule has 2 N–H and O–H groups in total. The van der Waals surface area contributed by atoms with E-state index in [1.807, 2.05) is 20.8 Å². The molecule has 5 nitrogen and oxygen atoms in total. The molecule has 1 aromatic rings. The molecule has 0 aromatic heterocycles. The summed E-state index contributed by atoms with van der Waals surface area (Å²) in [6.45, 7) is 7.03. The number of rotatable bonds is 3. The van der Waals surface area contributed by atoms with Gasteiger partial charge in [0, 0.05) is 12.0 Å². The average molecular weight is 294 g/mol. The number of phenolic OH excluding ortho intramolecular Hbond substituents is 1. The molecule has 21 heavy (non-hydrogen) atoms. The Morgan fingerprint density at radius 3 is 2.57 bits per heavy atom. The van der Waals surface area contributed by atoms with E-state index in [1.54, 1.807) is 6.92 Å². The molecular formula is C16H22O5. The van der Waals surface area contributed by atoms with E-state index in [0.717, 1.165) is 22.3 Å². The van der Waals surface area contributed by atoms with Gasteiger partial charge in [-0.3, -0.25) is 0 Å². The predicted molar refractivity (Wildman–Crippen MR) is 77.7 cm³/mol. The Morgan fingerprint density at radius 1 is 1.29 bits per heavy atom. The fourth-order valence-corrected chi connectivity index (χ4v) is 2.68. The van der Waals surface area contributed by atoms with E-state index < -0.39 is 11.6 Å². The highest BCUT2D eigenvalue weighted by molar-refractivity contribution is 5.80. The van der Waals surface area contributed by atoms with Crippen LogP contribution in [-0.4, -0.2) is 35.0 Å². The first-order valence-electron chi connectivity index (χ1n) is 7.10. The molecule has 5 heteroatoms. The van der Waals surface area contributed by atoms with E-state index >= 15 is 0 Å². The van der Waals surface area contributed by atoms with Crippen LogP contribution in [0.15, 0.2) is 0 Å². The molecule has 0 amide bonds. The third kappa shape index (κ3) is 2.58. The summed E-state index contributed by atoms with van der Waals surface area (Å²) in [7, 11) is 0. The maximum absolute atomic E-state index is 12.1. The topological polar surface area (TPSA) is 76.0 Å². The van der Waals surface area contributed by atoms with Crippen molar-refractivity contribution in [2.24, 2.45) is 0 Å². The second kappa shape index (κ2) is 5.56. The Labute approximate surface area is 124 Å². The molecule has 0 saturated heterocycles. The van der Waals surface area contributed by atoms with E-state index in [-0.39, 0.29) is 13.2 Å². The number of hydrogen-bond donors (Lipinski definition) is 2. The highest BCUT2D eigenvalue weighted by Gasteiger charge is 2.42. The zero-order chi connectivity index (χ0) is 15.8. The standard InChI is InChI=1S/C16H22O5/c1-9-10(2)14-12(11(3)13(9)18)5-6-16(4,21-14)15(19)20-8-7-17/h17-18H,5-8H2,1-4H3/t16-/m0/s1. The van der Waals surface area contributed by atoms with E-state index in [1.165, 1.54) is 0 Å². The van der Waals surface area contributed by atoms with Crippen LogP contribution >= 0.6 is 0 Å². The van der Waals surface area contributed by atoms with Crippen LogP contribution in [0.4, 0.5) is 0 Å². The van der Waals surface area contributed by atoms with Crippen LogP contribution in [0.5, 0.6) is 11.5 Å². The zero-order valence-corrected chi connectivity index (χ0v) is 12.9. The van der Waals surface area contributed by atoms with Crippen molar-refractivity contribution in [2.75, 3.05) is 13.2 Å². The van der Waals surface area contributed by atoms with Crippen LogP contribution < -0.4 is 4.74 Å².